The van der Waals surface area contributed by atoms with E-state index in [0.29, 0.717) is 30.1 Å². The summed E-state index contributed by atoms with van der Waals surface area (Å²) in [5.41, 5.74) is 0.850. The lowest BCUT2D eigenvalue weighted by molar-refractivity contribution is -0.120. The number of anilines is 1. The second-order valence-corrected chi connectivity index (χ2v) is 8.25. The number of nitrogens with zero attached hydrogens (tertiary/aromatic N) is 3. The molecule has 0 radical (unpaired) electrons. The Kier molecular flexibility index (Phi) is 5.20. The van der Waals surface area contributed by atoms with Gasteiger partial charge in [0.1, 0.15) is 6.04 Å². The maximum absolute atomic E-state index is 12.6. The Balaban J connectivity index is 1.64. The fourth-order valence-electron chi connectivity index (χ4n) is 3.62. The minimum atomic E-state index is -0.992. The predicted molar refractivity (Wildman–Crippen MR) is 101 cm³/mol. The first kappa shape index (κ1) is 19.9. The van der Waals surface area contributed by atoms with Gasteiger partial charge in [-0.2, -0.15) is 0 Å². The number of hydrogen-bond acceptors (Lipinski definition) is 4. The molecule has 0 saturated carbocycles. The molecular weight excluding hydrogens is 364 g/mol. The number of rotatable bonds is 4. The Morgan fingerprint density at radius 2 is 1.86 bits per heavy atom. The van der Waals surface area contributed by atoms with E-state index in [1.165, 1.54) is 9.80 Å². The van der Waals surface area contributed by atoms with Gasteiger partial charge in [0.15, 0.2) is 0 Å². The van der Waals surface area contributed by atoms with E-state index in [1.54, 1.807) is 24.3 Å². The van der Waals surface area contributed by atoms with Crippen molar-refractivity contribution in [3.05, 3.63) is 29.8 Å². The first-order valence-corrected chi connectivity index (χ1v) is 9.27. The van der Waals surface area contributed by atoms with Crippen molar-refractivity contribution in [2.24, 2.45) is 0 Å². The summed E-state index contributed by atoms with van der Waals surface area (Å²) in [6.07, 6.45) is 0.0816. The van der Waals surface area contributed by atoms with Crippen LogP contribution >= 0.6 is 0 Å². The molecule has 0 spiro atoms. The number of carbonyl (C=O) groups is 3. The Morgan fingerprint density at radius 1 is 1.21 bits per heavy atom. The Morgan fingerprint density at radius 3 is 2.43 bits per heavy atom. The van der Waals surface area contributed by atoms with Crippen molar-refractivity contribution < 1.29 is 24.7 Å². The van der Waals surface area contributed by atoms with Crippen LogP contribution in [0, 0.1) is 0 Å². The number of nitrogens with one attached hydrogen (secondary N) is 1. The number of fused-ring (bicyclic) bond motifs is 2. The van der Waals surface area contributed by atoms with E-state index < -0.39 is 23.7 Å². The molecule has 28 heavy (non-hydrogen) atoms. The summed E-state index contributed by atoms with van der Waals surface area (Å²) >= 11 is 0. The third-order valence-corrected chi connectivity index (χ3v) is 5.25. The molecule has 2 fully saturated rings. The molecule has 1 aromatic carbocycles. The lowest BCUT2D eigenvalue weighted by Crippen LogP contribution is -2.47. The SMILES string of the molecule is CC(C)(C)N(Cc1ccc(NC(=O)[C@@H]2CC[C@@H]3CN2C(=O)N3O)cc1)C(=O)O. The van der Waals surface area contributed by atoms with Gasteiger partial charge in [0.05, 0.1) is 6.04 Å². The summed E-state index contributed by atoms with van der Waals surface area (Å²) in [5.74, 6) is -0.295. The van der Waals surface area contributed by atoms with Crippen molar-refractivity contribution in [1.29, 1.82) is 0 Å². The number of piperidine rings is 1. The van der Waals surface area contributed by atoms with Crippen LogP contribution in [0.1, 0.15) is 39.2 Å². The number of carboxylic acid groups (broad SMARTS) is 1. The van der Waals surface area contributed by atoms with E-state index in [-0.39, 0.29) is 18.5 Å². The molecule has 9 nitrogen and oxygen atoms in total. The van der Waals surface area contributed by atoms with Gasteiger partial charge in [-0.3, -0.25) is 14.9 Å². The predicted octanol–water partition coefficient (Wildman–Crippen LogP) is 2.56. The number of benzene rings is 1. The average molecular weight is 390 g/mol. The molecule has 3 N–H and O–H groups in total. The van der Waals surface area contributed by atoms with Crippen LogP contribution in [0.3, 0.4) is 0 Å². The van der Waals surface area contributed by atoms with Crippen LogP contribution in [0.2, 0.25) is 0 Å². The molecule has 2 aliphatic rings. The van der Waals surface area contributed by atoms with Crippen LogP contribution in [-0.4, -0.2) is 67.4 Å². The lowest BCUT2D eigenvalue weighted by Gasteiger charge is -2.33. The highest BCUT2D eigenvalue weighted by Gasteiger charge is 2.46. The van der Waals surface area contributed by atoms with Crippen LogP contribution in [0.4, 0.5) is 15.3 Å². The summed E-state index contributed by atoms with van der Waals surface area (Å²) in [6.45, 7) is 6.09. The molecule has 4 amide bonds. The maximum Gasteiger partial charge on any atom is 0.408 e. The standard InChI is InChI=1S/C19H26N4O5/c1-19(2,3)22(18(26)27)10-12-4-6-13(7-5-12)20-16(24)15-9-8-14-11-21(15)17(25)23(14)28/h4-7,14-15,28H,8-11H2,1-3H3,(H,20,24)(H,26,27)/t14-,15+/m1/s1. The molecule has 2 bridgehead atoms. The molecule has 9 heteroatoms. The van der Waals surface area contributed by atoms with Gasteiger partial charge in [0.2, 0.25) is 5.91 Å². The van der Waals surface area contributed by atoms with E-state index in [2.05, 4.69) is 5.32 Å². The van der Waals surface area contributed by atoms with E-state index in [4.69, 9.17) is 0 Å². The summed E-state index contributed by atoms with van der Waals surface area (Å²) in [7, 11) is 0. The summed E-state index contributed by atoms with van der Waals surface area (Å²) in [4.78, 5) is 38.8. The largest absolute Gasteiger partial charge is 0.465 e. The van der Waals surface area contributed by atoms with Gasteiger partial charge in [-0.25, -0.2) is 14.7 Å². The molecule has 2 atom stereocenters. The van der Waals surface area contributed by atoms with Crippen LogP contribution in [0.15, 0.2) is 24.3 Å². The highest BCUT2D eigenvalue weighted by atomic mass is 16.5. The van der Waals surface area contributed by atoms with E-state index in [1.807, 2.05) is 20.8 Å². The number of hydroxylamine groups is 2. The fourth-order valence-corrected chi connectivity index (χ4v) is 3.62. The number of carbonyl (C=O) groups excluding carboxylic acids is 2. The third kappa shape index (κ3) is 3.89. The second kappa shape index (κ2) is 7.31. The van der Waals surface area contributed by atoms with Gasteiger partial charge in [-0.15, -0.1) is 0 Å². The van der Waals surface area contributed by atoms with E-state index in [9.17, 15) is 24.7 Å². The topological polar surface area (TPSA) is 113 Å². The zero-order valence-corrected chi connectivity index (χ0v) is 16.3. The van der Waals surface area contributed by atoms with Crippen molar-refractivity contribution in [1.82, 2.24) is 14.9 Å². The zero-order valence-electron chi connectivity index (χ0n) is 16.3. The second-order valence-electron chi connectivity index (χ2n) is 8.25. The Hall–Kier alpha value is -2.81. The van der Waals surface area contributed by atoms with Crippen molar-refractivity contribution in [3.63, 3.8) is 0 Å². The molecule has 0 unspecified atom stereocenters. The van der Waals surface area contributed by atoms with Crippen molar-refractivity contribution in [2.75, 3.05) is 11.9 Å². The van der Waals surface area contributed by atoms with Crippen molar-refractivity contribution in [2.45, 2.75) is 57.8 Å². The summed E-state index contributed by atoms with van der Waals surface area (Å²) in [6, 6.07) is 5.58. The number of hydrogen-bond donors (Lipinski definition) is 3. The molecule has 0 aliphatic carbocycles. The fraction of sp³-hybridized carbons (Fsp3) is 0.526. The summed E-state index contributed by atoms with van der Waals surface area (Å²) < 4.78 is 0. The molecule has 2 heterocycles. The van der Waals surface area contributed by atoms with E-state index >= 15 is 0 Å². The molecular formula is C19H26N4O5. The van der Waals surface area contributed by atoms with Gasteiger partial charge in [0.25, 0.3) is 0 Å². The first-order chi connectivity index (χ1) is 13.1. The lowest BCUT2D eigenvalue weighted by atomic mass is 10.00. The van der Waals surface area contributed by atoms with Crippen molar-refractivity contribution in [3.8, 4) is 0 Å². The monoisotopic (exact) mass is 390 g/mol. The normalized spacial score (nSPS) is 21.6. The van der Waals surface area contributed by atoms with Crippen LogP contribution in [0.5, 0.6) is 0 Å². The number of urea groups is 1. The van der Waals surface area contributed by atoms with Crippen LogP contribution in [-0.2, 0) is 11.3 Å². The highest BCUT2D eigenvalue weighted by Crippen LogP contribution is 2.29. The average Bonchev–Trinajstić information content (AvgIpc) is 2.84. The minimum absolute atomic E-state index is 0.240. The smallest absolute Gasteiger partial charge is 0.408 e. The van der Waals surface area contributed by atoms with Crippen molar-refractivity contribution >= 4 is 23.7 Å². The van der Waals surface area contributed by atoms with Gasteiger partial charge >= 0.3 is 12.1 Å². The van der Waals surface area contributed by atoms with Crippen LogP contribution < -0.4 is 5.32 Å². The highest BCUT2D eigenvalue weighted by molar-refractivity contribution is 5.97. The molecule has 2 aliphatic heterocycles. The minimum Gasteiger partial charge on any atom is -0.465 e. The van der Waals surface area contributed by atoms with Gasteiger partial charge in [0, 0.05) is 24.3 Å². The number of amides is 4. The maximum atomic E-state index is 12.6. The molecule has 2 saturated heterocycles. The van der Waals surface area contributed by atoms with Gasteiger partial charge in [-0.05, 0) is 51.3 Å². The first-order valence-electron chi connectivity index (χ1n) is 9.27. The molecule has 1 aromatic rings. The van der Waals surface area contributed by atoms with E-state index in [0.717, 1.165) is 5.56 Å². The Bertz CT molecular complexity index is 774. The summed E-state index contributed by atoms with van der Waals surface area (Å²) in [5, 5.41) is 22.6. The van der Waals surface area contributed by atoms with Crippen LogP contribution in [0.25, 0.3) is 0 Å². The van der Waals surface area contributed by atoms with Gasteiger partial charge in [-0.1, -0.05) is 12.1 Å². The molecule has 3 rings (SSSR count). The molecule has 152 valence electrons. The van der Waals surface area contributed by atoms with Gasteiger partial charge < -0.3 is 15.3 Å². The Labute approximate surface area is 163 Å². The zero-order chi connectivity index (χ0) is 20.6. The molecule has 0 aromatic heterocycles. The quantitative estimate of drug-likeness (QED) is 0.684. The third-order valence-electron chi connectivity index (χ3n) is 5.25.